The smallest absolute Gasteiger partial charge is 0.412 e. The highest BCUT2D eigenvalue weighted by molar-refractivity contribution is 5.94. The number of pyridine rings is 1. The highest BCUT2D eigenvalue weighted by Crippen LogP contribution is 2.44. The van der Waals surface area contributed by atoms with E-state index in [0.29, 0.717) is 0 Å². The van der Waals surface area contributed by atoms with Crippen LogP contribution in [0.4, 0.5) is 10.6 Å². The lowest BCUT2D eigenvalue weighted by Gasteiger charge is -2.30. The number of rotatable bonds is 5. The summed E-state index contributed by atoms with van der Waals surface area (Å²) in [5.74, 6) is -1.47. The average Bonchev–Trinajstić information content (AvgIpc) is 3.21. The van der Waals surface area contributed by atoms with Crippen LogP contribution in [0, 0.1) is 0 Å². The number of carbonyl (C=O) groups excluding carboxylic acids is 2. The molecule has 3 aromatic rings. The Bertz CT molecular complexity index is 1250. The normalized spacial score (nSPS) is 16.8. The molecule has 0 spiro atoms. The predicted octanol–water partition coefficient (Wildman–Crippen LogP) is 3.37. The van der Waals surface area contributed by atoms with E-state index in [1.54, 1.807) is 12.1 Å². The number of carbonyl (C=O) groups is 3. The van der Waals surface area contributed by atoms with Crippen molar-refractivity contribution in [1.82, 2.24) is 9.88 Å². The van der Waals surface area contributed by atoms with Gasteiger partial charge in [0.05, 0.1) is 13.2 Å². The molecule has 2 heterocycles. The van der Waals surface area contributed by atoms with Gasteiger partial charge in [0.1, 0.15) is 18.1 Å². The molecular formula is C26H23N3O6. The summed E-state index contributed by atoms with van der Waals surface area (Å²) in [6, 6.07) is 20.8. The molecule has 1 unspecified atom stereocenters. The van der Waals surface area contributed by atoms with E-state index in [0.717, 1.165) is 22.3 Å². The largest absolute Gasteiger partial charge is 0.479 e. The SMILES string of the molecule is O=C(Nc1cccc(C(=O)N2CCOC(C(=O)O)C2)n1)OCC1c2ccccc2-c2ccccc21. The number of nitrogens with one attached hydrogen (secondary N) is 1. The molecule has 2 aliphatic rings. The molecule has 9 heteroatoms. The third kappa shape index (κ3) is 4.58. The zero-order valence-corrected chi connectivity index (χ0v) is 18.7. The van der Waals surface area contributed by atoms with Gasteiger partial charge in [-0.2, -0.15) is 0 Å². The van der Waals surface area contributed by atoms with Gasteiger partial charge in [0, 0.05) is 12.5 Å². The summed E-state index contributed by atoms with van der Waals surface area (Å²) in [5, 5.41) is 11.7. The van der Waals surface area contributed by atoms with Crippen LogP contribution >= 0.6 is 0 Å². The van der Waals surface area contributed by atoms with Crippen molar-refractivity contribution in [2.75, 3.05) is 31.6 Å². The molecule has 1 saturated heterocycles. The van der Waals surface area contributed by atoms with E-state index >= 15 is 0 Å². The number of anilines is 1. The van der Waals surface area contributed by atoms with Crippen LogP contribution in [0.3, 0.4) is 0 Å². The van der Waals surface area contributed by atoms with Crippen molar-refractivity contribution in [3.05, 3.63) is 83.6 Å². The fraction of sp³-hybridized carbons (Fsp3) is 0.231. The minimum absolute atomic E-state index is 0.0696. The Morgan fingerprint density at radius 1 is 1.00 bits per heavy atom. The van der Waals surface area contributed by atoms with E-state index in [9.17, 15) is 14.4 Å². The summed E-state index contributed by atoms with van der Waals surface area (Å²) in [5.41, 5.74) is 4.58. The van der Waals surface area contributed by atoms with Crippen molar-refractivity contribution in [2.45, 2.75) is 12.0 Å². The van der Waals surface area contributed by atoms with Gasteiger partial charge in [-0.1, -0.05) is 54.6 Å². The molecular weight excluding hydrogens is 450 g/mol. The third-order valence-corrected chi connectivity index (χ3v) is 6.17. The fourth-order valence-corrected chi connectivity index (χ4v) is 4.51. The Morgan fingerprint density at radius 3 is 2.37 bits per heavy atom. The van der Waals surface area contributed by atoms with E-state index in [1.807, 2.05) is 36.4 Å². The molecule has 2 N–H and O–H groups in total. The van der Waals surface area contributed by atoms with Gasteiger partial charge in [0.15, 0.2) is 6.10 Å². The summed E-state index contributed by atoms with van der Waals surface area (Å²) >= 11 is 0. The second-order valence-electron chi connectivity index (χ2n) is 8.31. The Kier molecular flexibility index (Phi) is 6.15. The van der Waals surface area contributed by atoms with Gasteiger partial charge < -0.3 is 19.5 Å². The van der Waals surface area contributed by atoms with Gasteiger partial charge in [-0.25, -0.2) is 14.6 Å². The van der Waals surface area contributed by atoms with Crippen molar-refractivity contribution >= 4 is 23.8 Å². The summed E-state index contributed by atoms with van der Waals surface area (Å²) in [6.45, 7) is 0.470. The van der Waals surface area contributed by atoms with Gasteiger partial charge in [0.25, 0.3) is 5.91 Å². The molecule has 1 atom stereocenters. The molecule has 2 amide bonds. The first-order valence-corrected chi connectivity index (χ1v) is 11.2. The number of aromatic nitrogens is 1. The Morgan fingerprint density at radius 2 is 1.69 bits per heavy atom. The third-order valence-electron chi connectivity index (χ3n) is 6.17. The molecule has 1 fully saturated rings. The second kappa shape index (κ2) is 9.55. The maximum Gasteiger partial charge on any atom is 0.412 e. The average molecular weight is 473 g/mol. The number of hydrogen-bond donors (Lipinski definition) is 2. The molecule has 0 bridgehead atoms. The number of carboxylic acids is 1. The van der Waals surface area contributed by atoms with Crippen molar-refractivity contribution < 1.29 is 29.0 Å². The van der Waals surface area contributed by atoms with Crippen LogP contribution in [0.5, 0.6) is 0 Å². The molecule has 5 rings (SSSR count). The number of ether oxygens (including phenoxy) is 2. The zero-order chi connectivity index (χ0) is 24.4. The van der Waals surface area contributed by atoms with E-state index in [2.05, 4.69) is 22.4 Å². The predicted molar refractivity (Wildman–Crippen MR) is 126 cm³/mol. The van der Waals surface area contributed by atoms with E-state index in [-0.39, 0.29) is 43.7 Å². The highest BCUT2D eigenvalue weighted by atomic mass is 16.5. The first-order valence-electron chi connectivity index (χ1n) is 11.2. The Balaban J connectivity index is 1.23. The number of carboxylic acid groups (broad SMARTS) is 1. The lowest BCUT2D eigenvalue weighted by molar-refractivity contribution is -0.154. The molecule has 0 radical (unpaired) electrons. The molecule has 0 saturated carbocycles. The Hall–Kier alpha value is -4.24. The first-order chi connectivity index (χ1) is 17.0. The molecule has 9 nitrogen and oxygen atoms in total. The summed E-state index contributed by atoms with van der Waals surface area (Å²) in [4.78, 5) is 42.1. The molecule has 1 aromatic heterocycles. The number of hydrogen-bond acceptors (Lipinski definition) is 6. The second-order valence-corrected chi connectivity index (χ2v) is 8.31. The Labute approximate surface area is 201 Å². The van der Waals surface area contributed by atoms with Crippen LogP contribution in [0.15, 0.2) is 66.7 Å². The number of nitrogens with zero attached hydrogens (tertiary/aromatic N) is 2. The van der Waals surface area contributed by atoms with E-state index in [4.69, 9.17) is 14.6 Å². The van der Waals surface area contributed by atoms with Crippen LogP contribution < -0.4 is 5.32 Å². The number of fused-ring (bicyclic) bond motifs is 3. The van der Waals surface area contributed by atoms with Crippen molar-refractivity contribution in [3.8, 4) is 11.1 Å². The summed E-state index contributed by atoms with van der Waals surface area (Å²) in [7, 11) is 0. The van der Waals surface area contributed by atoms with Crippen LogP contribution in [0.25, 0.3) is 11.1 Å². The standard InChI is InChI=1S/C26H23N3O6/c30-24(29-12-13-34-22(14-29)25(31)32)21-10-5-11-23(27-21)28-26(33)35-15-20-18-8-3-1-6-16(18)17-7-2-4-9-19(17)20/h1-11,20,22H,12-15H2,(H,31,32)(H,27,28,33). The summed E-state index contributed by atoms with van der Waals surface area (Å²) < 4.78 is 10.7. The minimum Gasteiger partial charge on any atom is -0.479 e. The van der Waals surface area contributed by atoms with Crippen LogP contribution in [0.2, 0.25) is 0 Å². The van der Waals surface area contributed by atoms with Crippen molar-refractivity contribution in [3.63, 3.8) is 0 Å². The van der Waals surface area contributed by atoms with E-state index < -0.39 is 24.1 Å². The topological polar surface area (TPSA) is 118 Å². The van der Waals surface area contributed by atoms with Crippen molar-refractivity contribution in [2.24, 2.45) is 0 Å². The summed E-state index contributed by atoms with van der Waals surface area (Å²) in [6.07, 6.45) is -1.75. The molecule has 1 aliphatic carbocycles. The van der Waals surface area contributed by atoms with Gasteiger partial charge in [-0.05, 0) is 34.4 Å². The van der Waals surface area contributed by atoms with Gasteiger partial charge in [-0.3, -0.25) is 10.1 Å². The van der Waals surface area contributed by atoms with Gasteiger partial charge in [-0.15, -0.1) is 0 Å². The molecule has 178 valence electrons. The fourth-order valence-electron chi connectivity index (χ4n) is 4.51. The first kappa shape index (κ1) is 22.5. The van der Waals surface area contributed by atoms with Gasteiger partial charge >= 0.3 is 12.1 Å². The number of amides is 2. The molecule has 2 aromatic carbocycles. The number of morpholine rings is 1. The van der Waals surface area contributed by atoms with Crippen LogP contribution in [0.1, 0.15) is 27.5 Å². The van der Waals surface area contributed by atoms with Gasteiger partial charge in [0.2, 0.25) is 0 Å². The molecule has 35 heavy (non-hydrogen) atoms. The quantitative estimate of drug-likeness (QED) is 0.583. The maximum absolute atomic E-state index is 12.8. The number of aliphatic carboxylic acids is 1. The van der Waals surface area contributed by atoms with Crippen LogP contribution in [-0.4, -0.2) is 65.4 Å². The highest BCUT2D eigenvalue weighted by Gasteiger charge is 2.31. The van der Waals surface area contributed by atoms with E-state index in [1.165, 1.54) is 11.0 Å². The maximum atomic E-state index is 12.8. The number of benzene rings is 2. The minimum atomic E-state index is -1.12. The van der Waals surface area contributed by atoms with Crippen LogP contribution in [-0.2, 0) is 14.3 Å². The zero-order valence-electron chi connectivity index (χ0n) is 18.7. The lowest BCUT2D eigenvalue weighted by Crippen LogP contribution is -2.48. The van der Waals surface area contributed by atoms with Crippen molar-refractivity contribution in [1.29, 1.82) is 0 Å². The monoisotopic (exact) mass is 473 g/mol. The lowest BCUT2D eigenvalue weighted by atomic mass is 9.98. The molecule has 1 aliphatic heterocycles.